The first-order valence-electron chi connectivity index (χ1n) is 6.13. The minimum atomic E-state index is 0.589. The van der Waals surface area contributed by atoms with E-state index in [0.717, 1.165) is 23.4 Å². The lowest BCUT2D eigenvalue weighted by Crippen LogP contribution is -1.92. The number of aryl methyl sites for hydroxylation is 1. The third kappa shape index (κ3) is 2.82. The average Bonchev–Trinajstić information content (AvgIpc) is 2.82. The van der Waals surface area contributed by atoms with Crippen molar-refractivity contribution in [3.8, 4) is 17.0 Å². The van der Waals surface area contributed by atoms with E-state index in [1.54, 1.807) is 7.11 Å². The highest BCUT2D eigenvalue weighted by Gasteiger charge is 2.10. The van der Waals surface area contributed by atoms with Gasteiger partial charge < -0.3 is 10.5 Å². The van der Waals surface area contributed by atoms with Crippen LogP contribution < -0.4 is 10.5 Å². The van der Waals surface area contributed by atoms with Crippen LogP contribution in [0.25, 0.3) is 11.3 Å². The first kappa shape index (κ1) is 12.9. The van der Waals surface area contributed by atoms with Crippen LogP contribution in [0.1, 0.15) is 25.3 Å². The second kappa shape index (κ2) is 5.87. The number of ether oxygens (including phenoxy) is 1. The number of methoxy groups -OCH3 is 1. The Balaban J connectivity index is 2.36. The van der Waals surface area contributed by atoms with Crippen LogP contribution in [0.2, 0.25) is 0 Å². The van der Waals surface area contributed by atoms with E-state index in [0.29, 0.717) is 5.13 Å². The quantitative estimate of drug-likeness (QED) is 0.892. The molecule has 1 aromatic carbocycles. The molecule has 4 heteroatoms. The van der Waals surface area contributed by atoms with Crippen molar-refractivity contribution in [1.82, 2.24) is 4.98 Å². The standard InChI is InChI=1S/C14H18N2OS/c1-3-4-5-10-6-7-13(17-2)11(8-10)12-9-18-14(15)16-12/h6-9H,3-5H2,1-2H3,(H2,15,16). The highest BCUT2D eigenvalue weighted by Crippen LogP contribution is 2.32. The van der Waals surface area contributed by atoms with Gasteiger partial charge in [-0.3, -0.25) is 0 Å². The molecular formula is C14H18N2OS. The van der Waals surface area contributed by atoms with Gasteiger partial charge in [-0.1, -0.05) is 19.4 Å². The van der Waals surface area contributed by atoms with E-state index >= 15 is 0 Å². The van der Waals surface area contributed by atoms with Crippen molar-refractivity contribution in [3.05, 3.63) is 29.1 Å². The first-order chi connectivity index (χ1) is 8.74. The predicted octanol–water partition coefficient (Wildman–Crippen LogP) is 3.74. The van der Waals surface area contributed by atoms with Crippen LogP contribution in [0.4, 0.5) is 5.13 Å². The van der Waals surface area contributed by atoms with E-state index < -0.39 is 0 Å². The van der Waals surface area contributed by atoms with E-state index in [2.05, 4.69) is 24.0 Å². The average molecular weight is 262 g/mol. The molecule has 2 aromatic rings. The lowest BCUT2D eigenvalue weighted by molar-refractivity contribution is 0.416. The number of nitrogen functional groups attached to an aromatic ring is 1. The Kier molecular flexibility index (Phi) is 4.20. The fourth-order valence-electron chi connectivity index (χ4n) is 1.90. The van der Waals surface area contributed by atoms with Gasteiger partial charge in [0.1, 0.15) is 5.75 Å². The number of unbranched alkanes of at least 4 members (excludes halogenated alkanes) is 1. The summed E-state index contributed by atoms with van der Waals surface area (Å²) < 4.78 is 5.39. The smallest absolute Gasteiger partial charge is 0.180 e. The summed E-state index contributed by atoms with van der Waals surface area (Å²) in [5.41, 5.74) is 8.93. The molecule has 0 aliphatic carbocycles. The summed E-state index contributed by atoms with van der Waals surface area (Å²) in [4.78, 5) is 4.33. The lowest BCUT2D eigenvalue weighted by atomic mass is 10.0. The third-order valence-electron chi connectivity index (χ3n) is 2.88. The van der Waals surface area contributed by atoms with E-state index in [9.17, 15) is 0 Å². The van der Waals surface area contributed by atoms with Crippen LogP contribution in [0.5, 0.6) is 5.75 Å². The molecule has 96 valence electrons. The molecule has 0 saturated carbocycles. The van der Waals surface area contributed by atoms with E-state index in [1.165, 1.54) is 29.7 Å². The number of rotatable bonds is 5. The normalized spacial score (nSPS) is 10.6. The lowest BCUT2D eigenvalue weighted by Gasteiger charge is -2.09. The third-order valence-corrected chi connectivity index (χ3v) is 3.55. The number of nitrogens with two attached hydrogens (primary N) is 1. The minimum Gasteiger partial charge on any atom is -0.496 e. The Labute approximate surface area is 112 Å². The zero-order valence-electron chi connectivity index (χ0n) is 10.8. The summed E-state index contributed by atoms with van der Waals surface area (Å²) in [6.45, 7) is 2.20. The van der Waals surface area contributed by atoms with E-state index in [4.69, 9.17) is 10.5 Å². The molecule has 18 heavy (non-hydrogen) atoms. The number of anilines is 1. The summed E-state index contributed by atoms with van der Waals surface area (Å²) in [5.74, 6) is 0.848. The van der Waals surface area contributed by atoms with Crippen molar-refractivity contribution < 1.29 is 4.74 Å². The molecule has 0 saturated heterocycles. The summed E-state index contributed by atoms with van der Waals surface area (Å²) in [6, 6.07) is 6.28. The highest BCUT2D eigenvalue weighted by atomic mass is 32.1. The minimum absolute atomic E-state index is 0.589. The van der Waals surface area contributed by atoms with Crippen LogP contribution in [-0.4, -0.2) is 12.1 Å². The second-order valence-electron chi connectivity index (χ2n) is 4.21. The fraction of sp³-hybridized carbons (Fsp3) is 0.357. The molecule has 0 unspecified atom stereocenters. The molecule has 1 heterocycles. The molecule has 2 N–H and O–H groups in total. The van der Waals surface area contributed by atoms with Crippen LogP contribution in [-0.2, 0) is 6.42 Å². The maximum atomic E-state index is 5.69. The van der Waals surface area contributed by atoms with E-state index in [-0.39, 0.29) is 0 Å². The second-order valence-corrected chi connectivity index (χ2v) is 5.10. The zero-order valence-corrected chi connectivity index (χ0v) is 11.6. The van der Waals surface area contributed by atoms with Gasteiger partial charge in [-0.15, -0.1) is 11.3 Å². The van der Waals surface area contributed by atoms with Gasteiger partial charge in [0.15, 0.2) is 5.13 Å². The van der Waals surface area contributed by atoms with Crippen LogP contribution in [0, 0.1) is 0 Å². The Bertz CT molecular complexity index is 522. The highest BCUT2D eigenvalue weighted by molar-refractivity contribution is 7.13. The van der Waals surface area contributed by atoms with Crippen molar-refractivity contribution in [2.45, 2.75) is 26.2 Å². The number of hydrogen-bond donors (Lipinski definition) is 1. The fourth-order valence-corrected chi connectivity index (χ4v) is 2.47. The monoisotopic (exact) mass is 262 g/mol. The molecule has 0 atom stereocenters. The number of nitrogens with zero attached hydrogens (tertiary/aromatic N) is 1. The van der Waals surface area contributed by atoms with Gasteiger partial charge in [0.2, 0.25) is 0 Å². The summed E-state index contributed by atoms with van der Waals surface area (Å²) in [5, 5.41) is 2.56. The predicted molar refractivity (Wildman–Crippen MR) is 77.1 cm³/mol. The van der Waals surface area contributed by atoms with Crippen LogP contribution >= 0.6 is 11.3 Å². The Morgan fingerprint density at radius 2 is 2.22 bits per heavy atom. The van der Waals surface area contributed by atoms with Gasteiger partial charge in [-0.25, -0.2) is 4.98 Å². The molecule has 1 aromatic heterocycles. The van der Waals surface area contributed by atoms with Gasteiger partial charge in [0, 0.05) is 10.9 Å². The topological polar surface area (TPSA) is 48.1 Å². The number of benzene rings is 1. The molecule has 2 rings (SSSR count). The Morgan fingerprint density at radius 3 is 2.83 bits per heavy atom. The molecule has 0 amide bonds. The van der Waals surface area contributed by atoms with Gasteiger partial charge in [-0.2, -0.15) is 0 Å². The van der Waals surface area contributed by atoms with E-state index in [1.807, 2.05) is 11.4 Å². The first-order valence-corrected chi connectivity index (χ1v) is 7.01. The molecule has 0 radical (unpaired) electrons. The summed E-state index contributed by atoms with van der Waals surface area (Å²) in [6.07, 6.45) is 3.49. The van der Waals surface area contributed by atoms with Gasteiger partial charge in [0.25, 0.3) is 0 Å². The number of hydrogen-bond acceptors (Lipinski definition) is 4. The summed E-state index contributed by atoms with van der Waals surface area (Å²) >= 11 is 1.45. The maximum Gasteiger partial charge on any atom is 0.180 e. The Hall–Kier alpha value is -1.55. The molecule has 0 spiro atoms. The molecule has 0 fully saturated rings. The molecule has 0 bridgehead atoms. The number of thiazole rings is 1. The van der Waals surface area contributed by atoms with Crippen LogP contribution in [0.15, 0.2) is 23.6 Å². The van der Waals surface area contributed by atoms with Crippen molar-refractivity contribution in [1.29, 1.82) is 0 Å². The Morgan fingerprint density at radius 1 is 1.39 bits per heavy atom. The van der Waals surface area contributed by atoms with Crippen LogP contribution in [0.3, 0.4) is 0 Å². The van der Waals surface area contributed by atoms with Crippen molar-refractivity contribution >= 4 is 16.5 Å². The van der Waals surface area contributed by atoms with Crippen molar-refractivity contribution in [2.24, 2.45) is 0 Å². The molecule has 0 aliphatic heterocycles. The van der Waals surface area contributed by atoms with Crippen molar-refractivity contribution in [3.63, 3.8) is 0 Å². The molecular weight excluding hydrogens is 244 g/mol. The van der Waals surface area contributed by atoms with Gasteiger partial charge in [0.05, 0.1) is 12.8 Å². The van der Waals surface area contributed by atoms with Crippen molar-refractivity contribution in [2.75, 3.05) is 12.8 Å². The van der Waals surface area contributed by atoms with Gasteiger partial charge >= 0.3 is 0 Å². The largest absolute Gasteiger partial charge is 0.496 e. The molecule has 0 aliphatic rings. The SMILES string of the molecule is CCCCc1ccc(OC)c(-c2csc(N)n2)c1. The maximum absolute atomic E-state index is 5.69. The summed E-state index contributed by atoms with van der Waals surface area (Å²) in [7, 11) is 1.68. The molecule has 3 nitrogen and oxygen atoms in total. The van der Waals surface area contributed by atoms with Gasteiger partial charge in [-0.05, 0) is 30.5 Å². The zero-order chi connectivity index (χ0) is 13.0. The number of aromatic nitrogens is 1.